The van der Waals surface area contributed by atoms with Gasteiger partial charge in [0.2, 0.25) is 5.95 Å². The van der Waals surface area contributed by atoms with Crippen molar-refractivity contribution in [2.24, 2.45) is 0 Å². The monoisotopic (exact) mass is 275 g/mol. The highest BCUT2D eigenvalue weighted by Gasteiger charge is 2.17. The van der Waals surface area contributed by atoms with E-state index < -0.39 is 0 Å². The molecule has 0 amide bonds. The zero-order valence-electron chi connectivity index (χ0n) is 12.4. The second-order valence-corrected chi connectivity index (χ2v) is 6.01. The molecule has 0 atom stereocenters. The van der Waals surface area contributed by atoms with Crippen LogP contribution in [0.15, 0.2) is 12.3 Å². The van der Waals surface area contributed by atoms with Crippen LogP contribution in [0.3, 0.4) is 0 Å². The average molecular weight is 275 g/mol. The summed E-state index contributed by atoms with van der Waals surface area (Å²) in [5, 5.41) is 3.51. The number of hydrogen-bond donors (Lipinski definition) is 1. The first-order chi connectivity index (χ1) is 9.81. The highest BCUT2D eigenvalue weighted by atomic mass is 15.3. The first-order valence-corrected chi connectivity index (χ1v) is 7.84. The fourth-order valence-electron chi connectivity index (χ4n) is 3.06. The van der Waals surface area contributed by atoms with E-state index in [1.54, 1.807) is 0 Å². The van der Waals surface area contributed by atoms with Crippen molar-refractivity contribution in [2.45, 2.75) is 38.1 Å². The van der Waals surface area contributed by atoms with Gasteiger partial charge in [0, 0.05) is 38.4 Å². The third-order valence-electron chi connectivity index (χ3n) is 4.41. The Morgan fingerprint density at radius 2 is 1.85 bits per heavy atom. The second-order valence-electron chi connectivity index (χ2n) is 6.01. The van der Waals surface area contributed by atoms with E-state index in [1.165, 1.54) is 32.1 Å². The molecule has 0 bridgehead atoms. The topological polar surface area (TPSA) is 44.3 Å². The lowest BCUT2D eigenvalue weighted by Crippen LogP contribution is -2.44. The molecule has 2 heterocycles. The van der Waals surface area contributed by atoms with Gasteiger partial charge in [-0.25, -0.2) is 4.98 Å². The van der Waals surface area contributed by atoms with Crippen molar-refractivity contribution in [1.82, 2.24) is 14.9 Å². The van der Waals surface area contributed by atoms with Crippen LogP contribution in [0.2, 0.25) is 0 Å². The first-order valence-electron chi connectivity index (χ1n) is 7.84. The Hall–Kier alpha value is -1.36. The van der Waals surface area contributed by atoms with E-state index in [1.807, 2.05) is 12.3 Å². The Kier molecular flexibility index (Phi) is 4.35. The number of anilines is 2. The lowest BCUT2D eigenvalue weighted by atomic mass is 9.96. The summed E-state index contributed by atoms with van der Waals surface area (Å²) in [6.07, 6.45) is 8.42. The van der Waals surface area contributed by atoms with E-state index >= 15 is 0 Å². The van der Waals surface area contributed by atoms with Crippen LogP contribution in [0.4, 0.5) is 11.8 Å². The highest BCUT2D eigenvalue weighted by molar-refractivity contribution is 5.43. The predicted molar refractivity (Wildman–Crippen MR) is 82.2 cm³/mol. The van der Waals surface area contributed by atoms with Gasteiger partial charge in [-0.15, -0.1) is 0 Å². The second kappa shape index (κ2) is 6.39. The van der Waals surface area contributed by atoms with Crippen LogP contribution in [0.25, 0.3) is 0 Å². The van der Waals surface area contributed by atoms with Crippen LogP contribution in [0.5, 0.6) is 0 Å². The van der Waals surface area contributed by atoms with Crippen LogP contribution in [-0.2, 0) is 0 Å². The summed E-state index contributed by atoms with van der Waals surface area (Å²) in [6, 6.07) is 2.59. The maximum atomic E-state index is 4.70. The fourth-order valence-corrected chi connectivity index (χ4v) is 3.06. The van der Waals surface area contributed by atoms with Crippen LogP contribution in [0.1, 0.15) is 32.1 Å². The molecule has 1 aliphatic heterocycles. The molecule has 20 heavy (non-hydrogen) atoms. The van der Waals surface area contributed by atoms with Crippen molar-refractivity contribution >= 4 is 11.8 Å². The fraction of sp³-hybridized carbons (Fsp3) is 0.733. The molecule has 3 rings (SSSR count). The Bertz CT molecular complexity index is 422. The zero-order chi connectivity index (χ0) is 13.8. The van der Waals surface area contributed by atoms with Gasteiger partial charge in [0.25, 0.3) is 0 Å². The Morgan fingerprint density at radius 1 is 1.10 bits per heavy atom. The summed E-state index contributed by atoms with van der Waals surface area (Å²) in [6.45, 7) is 4.32. The number of aromatic nitrogens is 2. The molecule has 0 aromatic carbocycles. The summed E-state index contributed by atoms with van der Waals surface area (Å²) in [7, 11) is 2.17. The number of piperazine rings is 1. The molecule has 110 valence electrons. The van der Waals surface area contributed by atoms with Gasteiger partial charge in [0.15, 0.2) is 0 Å². The number of likely N-dealkylation sites (N-methyl/N-ethyl adjacent to an activating group) is 1. The Morgan fingerprint density at radius 3 is 2.60 bits per heavy atom. The minimum Gasteiger partial charge on any atom is -0.354 e. The van der Waals surface area contributed by atoms with Gasteiger partial charge in [-0.05, 0) is 26.0 Å². The standard InChI is InChI=1S/C15H25N5/c1-19-9-11-20(12-10-19)14-7-8-16-15(18-14)17-13-5-3-2-4-6-13/h7-8,13H,2-6,9-12H2,1H3,(H,16,17,18). The maximum Gasteiger partial charge on any atom is 0.224 e. The predicted octanol–water partition coefficient (Wildman–Crippen LogP) is 1.97. The van der Waals surface area contributed by atoms with Gasteiger partial charge in [-0.1, -0.05) is 19.3 Å². The highest BCUT2D eigenvalue weighted by Crippen LogP contribution is 2.21. The first kappa shape index (κ1) is 13.6. The molecular formula is C15H25N5. The van der Waals surface area contributed by atoms with Gasteiger partial charge in [0.1, 0.15) is 5.82 Å². The number of nitrogens with one attached hydrogen (secondary N) is 1. The number of rotatable bonds is 3. The van der Waals surface area contributed by atoms with Crippen LogP contribution in [0, 0.1) is 0 Å². The van der Waals surface area contributed by atoms with Crippen molar-refractivity contribution in [2.75, 3.05) is 43.4 Å². The van der Waals surface area contributed by atoms with Crippen LogP contribution >= 0.6 is 0 Å². The summed E-state index contributed by atoms with van der Waals surface area (Å²) >= 11 is 0. The molecule has 1 aliphatic carbocycles. The van der Waals surface area contributed by atoms with Gasteiger partial charge >= 0.3 is 0 Å². The largest absolute Gasteiger partial charge is 0.354 e. The summed E-state index contributed by atoms with van der Waals surface area (Å²) in [5.74, 6) is 1.86. The van der Waals surface area contributed by atoms with E-state index in [9.17, 15) is 0 Å². The third-order valence-corrected chi connectivity index (χ3v) is 4.41. The molecule has 1 saturated heterocycles. The average Bonchev–Trinajstić information content (AvgIpc) is 2.49. The Labute approximate surface area is 121 Å². The number of hydrogen-bond acceptors (Lipinski definition) is 5. The molecule has 1 N–H and O–H groups in total. The van der Waals surface area contributed by atoms with Gasteiger partial charge in [0.05, 0.1) is 0 Å². The van der Waals surface area contributed by atoms with Crippen molar-refractivity contribution in [3.8, 4) is 0 Å². The van der Waals surface area contributed by atoms with Crippen LogP contribution < -0.4 is 10.2 Å². The molecule has 2 aliphatic rings. The normalized spacial score (nSPS) is 21.9. The summed E-state index contributed by atoms with van der Waals surface area (Å²) in [4.78, 5) is 13.8. The maximum absolute atomic E-state index is 4.70. The van der Waals surface area contributed by atoms with E-state index in [-0.39, 0.29) is 0 Å². The van der Waals surface area contributed by atoms with E-state index in [0.717, 1.165) is 37.9 Å². The summed E-state index contributed by atoms with van der Waals surface area (Å²) < 4.78 is 0. The minimum atomic E-state index is 0.562. The molecular weight excluding hydrogens is 250 g/mol. The molecule has 1 saturated carbocycles. The zero-order valence-corrected chi connectivity index (χ0v) is 12.4. The van der Waals surface area contributed by atoms with E-state index in [0.29, 0.717) is 6.04 Å². The van der Waals surface area contributed by atoms with E-state index in [2.05, 4.69) is 27.1 Å². The summed E-state index contributed by atoms with van der Waals surface area (Å²) in [5.41, 5.74) is 0. The molecule has 0 radical (unpaired) electrons. The molecule has 5 nitrogen and oxygen atoms in total. The minimum absolute atomic E-state index is 0.562. The molecule has 1 aromatic rings. The van der Waals surface area contributed by atoms with Crippen molar-refractivity contribution in [3.63, 3.8) is 0 Å². The Balaban J connectivity index is 1.63. The lowest BCUT2D eigenvalue weighted by molar-refractivity contribution is 0.312. The molecule has 1 aromatic heterocycles. The smallest absolute Gasteiger partial charge is 0.224 e. The van der Waals surface area contributed by atoms with Gasteiger partial charge in [-0.3, -0.25) is 0 Å². The van der Waals surface area contributed by atoms with Gasteiger partial charge < -0.3 is 15.1 Å². The molecule has 5 heteroatoms. The SMILES string of the molecule is CN1CCN(c2ccnc(NC3CCCCC3)n2)CC1. The quantitative estimate of drug-likeness (QED) is 0.913. The third kappa shape index (κ3) is 3.39. The van der Waals surface area contributed by atoms with E-state index in [4.69, 9.17) is 4.98 Å². The van der Waals surface area contributed by atoms with Crippen molar-refractivity contribution in [1.29, 1.82) is 0 Å². The molecule has 2 fully saturated rings. The molecule has 0 spiro atoms. The van der Waals surface area contributed by atoms with Crippen molar-refractivity contribution < 1.29 is 0 Å². The van der Waals surface area contributed by atoms with Crippen molar-refractivity contribution in [3.05, 3.63) is 12.3 Å². The van der Waals surface area contributed by atoms with Gasteiger partial charge in [-0.2, -0.15) is 4.98 Å². The molecule has 0 unspecified atom stereocenters. The lowest BCUT2D eigenvalue weighted by Gasteiger charge is -2.33. The number of nitrogens with zero attached hydrogens (tertiary/aromatic N) is 4. The van der Waals surface area contributed by atoms with Crippen LogP contribution in [-0.4, -0.2) is 54.1 Å².